The van der Waals surface area contributed by atoms with Gasteiger partial charge < -0.3 is 15.1 Å². The zero-order valence-corrected chi connectivity index (χ0v) is 24.9. The molecule has 1 saturated carbocycles. The number of piperazine rings is 1. The van der Waals surface area contributed by atoms with Crippen LogP contribution in [0, 0.1) is 5.92 Å². The summed E-state index contributed by atoms with van der Waals surface area (Å²) < 4.78 is 41.1. The van der Waals surface area contributed by atoms with E-state index in [1.54, 1.807) is 6.20 Å². The molecule has 3 aromatic rings. The molecule has 228 valence electrons. The smallest absolute Gasteiger partial charge is 0.367 e. The van der Waals surface area contributed by atoms with Crippen molar-refractivity contribution in [2.24, 2.45) is 5.92 Å². The molecule has 6 rings (SSSR count). The zero-order valence-electron chi connectivity index (χ0n) is 24.2. The van der Waals surface area contributed by atoms with E-state index in [2.05, 4.69) is 15.2 Å². The summed E-state index contributed by atoms with van der Waals surface area (Å²) in [5, 5.41) is 3.51. The van der Waals surface area contributed by atoms with Gasteiger partial charge in [0, 0.05) is 74.7 Å². The van der Waals surface area contributed by atoms with Crippen LogP contribution < -0.4 is 10.2 Å². The van der Waals surface area contributed by atoms with E-state index in [9.17, 15) is 18.0 Å². The first kappa shape index (κ1) is 29.8. The van der Waals surface area contributed by atoms with Crippen LogP contribution in [0.25, 0.3) is 11.1 Å². The van der Waals surface area contributed by atoms with Gasteiger partial charge in [0.25, 0.3) is 5.91 Å². The average Bonchev–Trinajstić information content (AvgIpc) is 3.01. The lowest BCUT2D eigenvalue weighted by molar-refractivity contribution is -0.138. The van der Waals surface area contributed by atoms with Crippen LogP contribution >= 0.6 is 11.6 Å². The quantitative estimate of drug-likeness (QED) is 0.320. The number of alkyl halides is 3. The fourth-order valence-electron chi connectivity index (χ4n) is 6.61. The van der Waals surface area contributed by atoms with Gasteiger partial charge in [-0.15, -0.1) is 0 Å². The highest BCUT2D eigenvalue weighted by molar-refractivity contribution is 6.30. The van der Waals surface area contributed by atoms with Crippen molar-refractivity contribution < 1.29 is 18.0 Å². The number of carbonyl (C=O) groups is 1. The number of halogens is 4. The van der Waals surface area contributed by atoms with Crippen molar-refractivity contribution in [3.8, 4) is 11.1 Å². The average molecular weight is 612 g/mol. The summed E-state index contributed by atoms with van der Waals surface area (Å²) in [7, 11) is 0. The van der Waals surface area contributed by atoms with Crippen LogP contribution in [0.2, 0.25) is 5.02 Å². The van der Waals surface area contributed by atoms with Crippen LogP contribution in [0.3, 0.4) is 0 Å². The van der Waals surface area contributed by atoms with Gasteiger partial charge in [-0.1, -0.05) is 43.0 Å². The maximum Gasteiger partial charge on any atom is 0.416 e. The predicted octanol–water partition coefficient (Wildman–Crippen LogP) is 7.19. The number of rotatable bonds is 6. The number of fused-ring (bicyclic) bond motifs is 1. The van der Waals surface area contributed by atoms with Crippen molar-refractivity contribution >= 4 is 29.0 Å². The molecule has 0 unspecified atom stereocenters. The first-order valence-electron chi connectivity index (χ1n) is 15.2. The molecule has 0 bridgehead atoms. The Labute approximate surface area is 255 Å². The highest BCUT2D eigenvalue weighted by Crippen LogP contribution is 2.37. The fourth-order valence-corrected chi connectivity index (χ4v) is 6.81. The minimum absolute atomic E-state index is 0.0461. The number of hydrogen-bond donors (Lipinski definition) is 1. The molecular weight excluding hydrogens is 575 g/mol. The number of hydrogen-bond acceptors (Lipinski definition) is 5. The third-order valence-corrected chi connectivity index (χ3v) is 9.22. The van der Waals surface area contributed by atoms with E-state index >= 15 is 0 Å². The lowest BCUT2D eigenvalue weighted by Crippen LogP contribution is -2.49. The van der Waals surface area contributed by atoms with Crippen LogP contribution in [-0.2, 0) is 12.7 Å². The molecule has 6 nitrogen and oxygen atoms in total. The SMILES string of the molecule is O=C(c1ccc(-c2cnc3c(c2)N(Cc2cc(Cl)ccc2C(F)(F)F)CCN3)cc1)N1CCN(CC2CCCCC2)CC1. The summed E-state index contributed by atoms with van der Waals surface area (Å²) in [5.41, 5.74) is 2.52. The van der Waals surface area contributed by atoms with E-state index in [0.717, 1.165) is 61.5 Å². The molecule has 43 heavy (non-hydrogen) atoms. The molecule has 3 heterocycles. The van der Waals surface area contributed by atoms with Gasteiger partial charge in [-0.3, -0.25) is 9.69 Å². The van der Waals surface area contributed by atoms with Crippen LogP contribution in [0.4, 0.5) is 24.7 Å². The van der Waals surface area contributed by atoms with Gasteiger partial charge in [-0.2, -0.15) is 13.2 Å². The molecule has 1 saturated heterocycles. The van der Waals surface area contributed by atoms with Crippen molar-refractivity contribution in [1.82, 2.24) is 14.8 Å². The minimum atomic E-state index is -4.47. The highest BCUT2D eigenvalue weighted by atomic mass is 35.5. The minimum Gasteiger partial charge on any atom is -0.367 e. The third-order valence-electron chi connectivity index (χ3n) is 8.98. The zero-order chi connectivity index (χ0) is 30.0. The first-order valence-corrected chi connectivity index (χ1v) is 15.6. The first-order chi connectivity index (χ1) is 20.7. The Morgan fingerprint density at radius 3 is 2.40 bits per heavy atom. The second-order valence-corrected chi connectivity index (χ2v) is 12.3. The summed E-state index contributed by atoms with van der Waals surface area (Å²) in [6, 6.07) is 13.2. The molecule has 1 N–H and O–H groups in total. The van der Waals surface area contributed by atoms with E-state index in [-0.39, 0.29) is 23.0 Å². The lowest BCUT2D eigenvalue weighted by Gasteiger charge is -2.37. The summed E-state index contributed by atoms with van der Waals surface area (Å²) >= 11 is 6.08. The number of anilines is 2. The van der Waals surface area contributed by atoms with Crippen molar-refractivity contribution in [2.45, 2.75) is 44.8 Å². The summed E-state index contributed by atoms with van der Waals surface area (Å²) in [4.78, 5) is 24.2. The maximum absolute atomic E-state index is 13.7. The Balaban J connectivity index is 1.13. The van der Waals surface area contributed by atoms with E-state index in [1.807, 2.05) is 40.1 Å². The number of pyridine rings is 1. The van der Waals surface area contributed by atoms with Crippen molar-refractivity contribution in [2.75, 3.05) is 56.0 Å². The van der Waals surface area contributed by atoms with Crippen molar-refractivity contribution in [3.63, 3.8) is 0 Å². The lowest BCUT2D eigenvalue weighted by atomic mass is 9.89. The largest absolute Gasteiger partial charge is 0.416 e. The third kappa shape index (κ3) is 6.93. The molecule has 1 aromatic heterocycles. The van der Waals surface area contributed by atoms with E-state index < -0.39 is 11.7 Å². The molecule has 2 aliphatic heterocycles. The van der Waals surface area contributed by atoms with Gasteiger partial charge in [-0.25, -0.2) is 4.98 Å². The van der Waals surface area contributed by atoms with E-state index in [0.29, 0.717) is 24.5 Å². The maximum atomic E-state index is 13.7. The monoisotopic (exact) mass is 611 g/mol. The summed E-state index contributed by atoms with van der Waals surface area (Å²) in [6.07, 6.45) is 4.01. The number of nitrogens with zero attached hydrogens (tertiary/aromatic N) is 4. The molecule has 10 heteroatoms. The number of amides is 1. The Hall–Kier alpha value is -3.30. The number of aromatic nitrogens is 1. The predicted molar refractivity (Wildman–Crippen MR) is 165 cm³/mol. The molecule has 1 amide bonds. The van der Waals surface area contributed by atoms with Gasteiger partial charge in [-0.05, 0) is 66.3 Å². The number of benzene rings is 2. The van der Waals surface area contributed by atoms with Gasteiger partial charge >= 0.3 is 6.18 Å². The van der Waals surface area contributed by atoms with Gasteiger partial charge in [0.15, 0.2) is 0 Å². The Bertz CT molecular complexity index is 1430. The fraction of sp³-hybridized carbons (Fsp3) is 0.455. The Morgan fingerprint density at radius 2 is 1.67 bits per heavy atom. The molecule has 0 radical (unpaired) electrons. The number of nitrogens with one attached hydrogen (secondary N) is 1. The molecule has 1 aliphatic carbocycles. The van der Waals surface area contributed by atoms with Crippen molar-refractivity contribution in [3.05, 3.63) is 76.4 Å². The molecule has 0 spiro atoms. The van der Waals surface area contributed by atoms with E-state index in [4.69, 9.17) is 11.6 Å². The molecular formula is C33H37ClF3N5O. The van der Waals surface area contributed by atoms with E-state index in [1.165, 1.54) is 44.2 Å². The molecule has 3 aliphatic rings. The second-order valence-electron chi connectivity index (χ2n) is 11.9. The molecule has 2 aromatic carbocycles. The van der Waals surface area contributed by atoms with Gasteiger partial charge in [0.2, 0.25) is 0 Å². The van der Waals surface area contributed by atoms with Crippen LogP contribution in [0.15, 0.2) is 54.7 Å². The second kappa shape index (κ2) is 12.7. The van der Waals surface area contributed by atoms with Crippen LogP contribution in [0.5, 0.6) is 0 Å². The molecule has 0 atom stereocenters. The van der Waals surface area contributed by atoms with Crippen LogP contribution in [-0.4, -0.2) is 66.5 Å². The normalized spacial score (nSPS) is 18.3. The van der Waals surface area contributed by atoms with Gasteiger partial charge in [0.05, 0.1) is 11.3 Å². The Morgan fingerprint density at radius 1 is 0.930 bits per heavy atom. The standard InChI is InChI=1S/C33H37ClF3N5O/c34-28-10-11-29(33(35,36)37)27(18-28)22-42-13-12-38-31-30(42)19-26(20-39-31)24-6-8-25(9-7-24)32(43)41-16-14-40(15-17-41)21-23-4-2-1-3-5-23/h6-11,18-20,23H,1-5,12-17,21-22H2,(H,38,39). The van der Waals surface area contributed by atoms with Crippen LogP contribution in [0.1, 0.15) is 53.6 Å². The topological polar surface area (TPSA) is 51.7 Å². The summed E-state index contributed by atoms with van der Waals surface area (Å²) in [6.45, 7) is 5.62. The summed E-state index contributed by atoms with van der Waals surface area (Å²) in [5.74, 6) is 1.48. The highest BCUT2D eigenvalue weighted by Gasteiger charge is 2.34. The van der Waals surface area contributed by atoms with Gasteiger partial charge in [0.1, 0.15) is 5.82 Å². The number of carbonyl (C=O) groups excluding carboxylic acids is 1. The Kier molecular flexibility index (Phi) is 8.82. The molecule has 2 fully saturated rings. The van der Waals surface area contributed by atoms with Crippen molar-refractivity contribution in [1.29, 1.82) is 0 Å².